The van der Waals surface area contributed by atoms with Crippen molar-refractivity contribution in [2.45, 2.75) is 19.8 Å². The Labute approximate surface area is 98.7 Å². The summed E-state index contributed by atoms with van der Waals surface area (Å²) in [5, 5.41) is 3.94. The number of halogens is 1. The van der Waals surface area contributed by atoms with E-state index in [9.17, 15) is 0 Å². The van der Waals surface area contributed by atoms with Crippen LogP contribution in [-0.4, -0.2) is 4.98 Å². The Kier molecular flexibility index (Phi) is 3.39. The highest BCUT2D eigenvalue weighted by Crippen LogP contribution is 2.26. The Morgan fingerprint density at radius 1 is 1.40 bits per heavy atom. The molecule has 0 aliphatic rings. The molecular weight excluding hydrogens is 226 g/mol. The zero-order valence-electron chi connectivity index (χ0n) is 8.53. The Morgan fingerprint density at radius 3 is 3.00 bits per heavy atom. The predicted octanol–water partition coefficient (Wildman–Crippen LogP) is 4.42. The van der Waals surface area contributed by atoms with Crippen molar-refractivity contribution in [3.8, 4) is 10.6 Å². The lowest BCUT2D eigenvalue weighted by atomic mass is 10.2. The van der Waals surface area contributed by atoms with Crippen molar-refractivity contribution in [3.05, 3.63) is 40.4 Å². The minimum Gasteiger partial charge on any atom is -0.241 e. The molecule has 0 saturated heterocycles. The molecule has 0 amide bonds. The second-order valence-corrected chi connectivity index (χ2v) is 4.70. The third kappa shape index (κ3) is 2.58. The molecule has 0 atom stereocenters. The molecule has 0 radical (unpaired) electrons. The van der Waals surface area contributed by atoms with Crippen LogP contribution in [-0.2, 0) is 6.42 Å². The largest absolute Gasteiger partial charge is 0.241 e. The average molecular weight is 238 g/mol. The summed E-state index contributed by atoms with van der Waals surface area (Å²) in [6.07, 6.45) is 2.19. The molecule has 0 aliphatic carbocycles. The SMILES string of the molecule is CCCc1csc(-c2cccc(Cl)c2)n1. The summed E-state index contributed by atoms with van der Waals surface area (Å²) in [6.45, 7) is 2.17. The Bertz CT molecular complexity index is 450. The molecule has 2 aromatic rings. The molecule has 0 bridgehead atoms. The van der Waals surface area contributed by atoms with Crippen LogP contribution in [0.3, 0.4) is 0 Å². The fraction of sp³-hybridized carbons (Fsp3) is 0.250. The van der Waals surface area contributed by atoms with Gasteiger partial charge in [-0.05, 0) is 18.6 Å². The smallest absolute Gasteiger partial charge is 0.123 e. The van der Waals surface area contributed by atoms with Gasteiger partial charge in [0.15, 0.2) is 0 Å². The molecule has 0 aliphatic heterocycles. The van der Waals surface area contributed by atoms with Crippen LogP contribution in [0.1, 0.15) is 19.0 Å². The first-order chi connectivity index (χ1) is 7.29. The van der Waals surface area contributed by atoms with E-state index in [2.05, 4.69) is 17.3 Å². The second-order valence-electron chi connectivity index (χ2n) is 3.40. The molecule has 0 spiro atoms. The van der Waals surface area contributed by atoms with Crippen LogP contribution in [0.2, 0.25) is 5.02 Å². The molecule has 1 aromatic carbocycles. The van der Waals surface area contributed by atoms with E-state index < -0.39 is 0 Å². The van der Waals surface area contributed by atoms with Gasteiger partial charge in [-0.3, -0.25) is 0 Å². The first kappa shape index (κ1) is 10.7. The van der Waals surface area contributed by atoms with E-state index in [1.54, 1.807) is 11.3 Å². The van der Waals surface area contributed by atoms with Gasteiger partial charge in [0.25, 0.3) is 0 Å². The number of hydrogen-bond acceptors (Lipinski definition) is 2. The van der Waals surface area contributed by atoms with Crippen molar-refractivity contribution in [2.75, 3.05) is 0 Å². The summed E-state index contributed by atoms with van der Waals surface area (Å²) in [6, 6.07) is 7.83. The summed E-state index contributed by atoms with van der Waals surface area (Å²) >= 11 is 7.62. The first-order valence-corrected chi connectivity index (χ1v) is 6.25. The number of thiazole rings is 1. The first-order valence-electron chi connectivity index (χ1n) is 5.00. The third-order valence-corrected chi connectivity index (χ3v) is 3.30. The van der Waals surface area contributed by atoms with Gasteiger partial charge in [-0.2, -0.15) is 0 Å². The van der Waals surface area contributed by atoms with E-state index in [0.29, 0.717) is 0 Å². The van der Waals surface area contributed by atoms with E-state index in [1.807, 2.05) is 24.3 Å². The van der Waals surface area contributed by atoms with Crippen molar-refractivity contribution < 1.29 is 0 Å². The van der Waals surface area contributed by atoms with Crippen LogP contribution in [0.5, 0.6) is 0 Å². The fourth-order valence-corrected chi connectivity index (χ4v) is 2.47. The van der Waals surface area contributed by atoms with Crippen molar-refractivity contribution in [1.82, 2.24) is 4.98 Å². The molecular formula is C12H12ClNS. The van der Waals surface area contributed by atoms with E-state index >= 15 is 0 Å². The van der Waals surface area contributed by atoms with Crippen LogP contribution in [0.25, 0.3) is 10.6 Å². The third-order valence-electron chi connectivity index (χ3n) is 2.13. The van der Waals surface area contributed by atoms with Gasteiger partial charge >= 0.3 is 0 Å². The maximum atomic E-state index is 5.94. The Hall–Kier alpha value is -0.860. The zero-order chi connectivity index (χ0) is 10.7. The highest BCUT2D eigenvalue weighted by Gasteiger charge is 2.04. The topological polar surface area (TPSA) is 12.9 Å². The van der Waals surface area contributed by atoms with Gasteiger partial charge in [0.2, 0.25) is 0 Å². The lowest BCUT2D eigenvalue weighted by Crippen LogP contribution is -1.82. The molecule has 1 aromatic heterocycles. The van der Waals surface area contributed by atoms with Gasteiger partial charge in [0.1, 0.15) is 5.01 Å². The monoisotopic (exact) mass is 237 g/mol. The van der Waals surface area contributed by atoms with Crippen LogP contribution in [0, 0.1) is 0 Å². The molecule has 15 heavy (non-hydrogen) atoms. The molecule has 0 fully saturated rings. The molecule has 2 rings (SSSR count). The number of benzene rings is 1. The molecule has 1 heterocycles. The minimum absolute atomic E-state index is 0.764. The number of aromatic nitrogens is 1. The zero-order valence-corrected chi connectivity index (χ0v) is 10.1. The maximum Gasteiger partial charge on any atom is 0.123 e. The summed E-state index contributed by atoms with van der Waals surface area (Å²) < 4.78 is 0. The molecule has 78 valence electrons. The van der Waals surface area contributed by atoms with Gasteiger partial charge in [-0.1, -0.05) is 37.1 Å². The van der Waals surface area contributed by atoms with E-state index in [0.717, 1.165) is 28.4 Å². The maximum absolute atomic E-state index is 5.94. The Balaban J connectivity index is 2.29. The van der Waals surface area contributed by atoms with Crippen LogP contribution >= 0.6 is 22.9 Å². The molecule has 0 unspecified atom stereocenters. The van der Waals surface area contributed by atoms with E-state index in [4.69, 9.17) is 11.6 Å². The quantitative estimate of drug-likeness (QED) is 0.770. The van der Waals surface area contributed by atoms with Crippen molar-refractivity contribution in [3.63, 3.8) is 0 Å². The normalized spacial score (nSPS) is 10.5. The van der Waals surface area contributed by atoms with Gasteiger partial charge in [-0.25, -0.2) is 4.98 Å². The van der Waals surface area contributed by atoms with Gasteiger partial charge in [0, 0.05) is 16.0 Å². The summed E-state index contributed by atoms with van der Waals surface area (Å²) in [5.41, 5.74) is 2.28. The molecule has 0 saturated carbocycles. The highest BCUT2D eigenvalue weighted by molar-refractivity contribution is 7.13. The number of nitrogens with zero attached hydrogens (tertiary/aromatic N) is 1. The van der Waals surface area contributed by atoms with Crippen LogP contribution in [0.4, 0.5) is 0 Å². The lowest BCUT2D eigenvalue weighted by molar-refractivity contribution is 0.894. The summed E-state index contributed by atoms with van der Waals surface area (Å²) in [5.74, 6) is 0. The Morgan fingerprint density at radius 2 is 2.27 bits per heavy atom. The minimum atomic E-state index is 0.764. The number of rotatable bonds is 3. The lowest BCUT2D eigenvalue weighted by Gasteiger charge is -1.96. The van der Waals surface area contributed by atoms with Crippen LogP contribution < -0.4 is 0 Å². The number of aryl methyl sites for hydroxylation is 1. The van der Waals surface area contributed by atoms with Gasteiger partial charge in [0.05, 0.1) is 5.69 Å². The van der Waals surface area contributed by atoms with Crippen LogP contribution in [0.15, 0.2) is 29.6 Å². The molecule has 1 nitrogen and oxygen atoms in total. The molecule has 0 N–H and O–H groups in total. The van der Waals surface area contributed by atoms with Gasteiger partial charge < -0.3 is 0 Å². The number of hydrogen-bond donors (Lipinski definition) is 0. The fourth-order valence-electron chi connectivity index (χ4n) is 1.43. The van der Waals surface area contributed by atoms with Crippen molar-refractivity contribution >= 4 is 22.9 Å². The van der Waals surface area contributed by atoms with E-state index in [-0.39, 0.29) is 0 Å². The predicted molar refractivity (Wildman–Crippen MR) is 66.6 cm³/mol. The average Bonchev–Trinajstić information content (AvgIpc) is 2.67. The summed E-state index contributed by atoms with van der Waals surface area (Å²) in [4.78, 5) is 4.57. The van der Waals surface area contributed by atoms with E-state index in [1.165, 1.54) is 5.69 Å². The molecule has 3 heteroatoms. The summed E-state index contributed by atoms with van der Waals surface area (Å²) in [7, 11) is 0. The highest BCUT2D eigenvalue weighted by atomic mass is 35.5. The van der Waals surface area contributed by atoms with Gasteiger partial charge in [-0.15, -0.1) is 11.3 Å². The van der Waals surface area contributed by atoms with Crippen molar-refractivity contribution in [2.24, 2.45) is 0 Å². The van der Waals surface area contributed by atoms with Crippen molar-refractivity contribution in [1.29, 1.82) is 0 Å². The standard InChI is InChI=1S/C12H12ClNS/c1-2-4-11-8-15-12(14-11)9-5-3-6-10(13)7-9/h3,5-8H,2,4H2,1H3. The second kappa shape index (κ2) is 4.77.